The van der Waals surface area contributed by atoms with Gasteiger partial charge in [0.05, 0.1) is 0 Å². The van der Waals surface area contributed by atoms with Gasteiger partial charge in [-0.25, -0.2) is 0 Å². The highest BCUT2D eigenvalue weighted by molar-refractivity contribution is 6.71. The molecule has 0 atom stereocenters. The van der Waals surface area contributed by atoms with Crippen LogP contribution in [-0.2, 0) is 0 Å². The van der Waals surface area contributed by atoms with Crippen LogP contribution < -0.4 is 81.9 Å². The lowest BCUT2D eigenvalue weighted by Crippen LogP contribution is -2.56. The highest BCUT2D eigenvalue weighted by Gasteiger charge is 2.25. The summed E-state index contributed by atoms with van der Waals surface area (Å²) in [4.78, 5) is 0. The van der Waals surface area contributed by atoms with Gasteiger partial charge in [0.2, 0.25) is 0 Å². The van der Waals surface area contributed by atoms with Crippen LogP contribution in [0.3, 0.4) is 0 Å². The van der Waals surface area contributed by atoms with E-state index in [0.717, 1.165) is 0 Å². The van der Waals surface area contributed by atoms with Crippen molar-refractivity contribution in [2.45, 2.75) is 13.8 Å². The lowest BCUT2D eigenvalue weighted by Gasteiger charge is -2.29. The molecule has 0 nitrogen and oxygen atoms in total. The molecule has 0 saturated heterocycles. The van der Waals surface area contributed by atoms with Crippen LogP contribution in [0.25, 0.3) is 33.4 Å². The summed E-state index contributed by atoms with van der Waals surface area (Å²) in [6.45, 7) is 4.75. The first-order chi connectivity index (χ1) is 19.0. The molecule has 0 amide bonds. The molecule has 0 unspecified atom stereocenters. The SMILES string of the molecule is Bc1c(B)c(B)c(-c2cc(-c3c(B)c(B)c(B)c(B)c3B)c(C)c(-c3c(B)c(B)c(B)c(B)c3B)c2C)c(B)c1B. The van der Waals surface area contributed by atoms with Crippen molar-refractivity contribution in [3.63, 3.8) is 0 Å². The van der Waals surface area contributed by atoms with E-state index in [-0.39, 0.29) is 0 Å². The highest BCUT2D eigenvalue weighted by Crippen LogP contribution is 2.37. The maximum absolute atomic E-state index is 2.54. The highest BCUT2D eigenvalue weighted by atomic mass is 14.2. The lowest BCUT2D eigenvalue weighted by molar-refractivity contribution is 1.39. The van der Waals surface area contributed by atoms with Crippen molar-refractivity contribution in [2.24, 2.45) is 0 Å². The molecule has 0 saturated carbocycles. The van der Waals surface area contributed by atoms with E-state index in [1.807, 2.05) is 0 Å². The molecule has 0 bridgehead atoms. The number of rotatable bonds is 3. The second-order valence-corrected chi connectivity index (χ2v) is 13.1. The predicted octanol–water partition coefficient (Wildman–Crippen LogP) is -18.8. The lowest BCUT2D eigenvalue weighted by atomic mass is 9.57. The van der Waals surface area contributed by atoms with Crippen LogP contribution in [0.15, 0.2) is 6.07 Å². The van der Waals surface area contributed by atoms with Crippen LogP contribution in [0.1, 0.15) is 11.1 Å². The third kappa shape index (κ3) is 4.69. The molecule has 0 N–H and O–H groups in total. The van der Waals surface area contributed by atoms with Gasteiger partial charge in [0, 0.05) is 0 Å². The Hall–Kier alpha value is -2.15. The Morgan fingerprint density at radius 1 is 0.268 bits per heavy atom. The zero-order chi connectivity index (χ0) is 31.0. The predicted molar refractivity (Wildman–Crippen MR) is 235 cm³/mol. The molecule has 0 fully saturated rings. The molecular formula is C26H37B15. The molecule has 0 aromatic heterocycles. The van der Waals surface area contributed by atoms with Gasteiger partial charge in [0.25, 0.3) is 0 Å². The average Bonchev–Trinajstić information content (AvgIpc) is 2.94. The number of hydrogen-bond acceptors (Lipinski definition) is 0. The number of benzene rings is 4. The summed E-state index contributed by atoms with van der Waals surface area (Å²) in [6, 6.07) is 2.54. The minimum absolute atomic E-state index is 1.38. The van der Waals surface area contributed by atoms with Gasteiger partial charge < -0.3 is 0 Å². The van der Waals surface area contributed by atoms with Crippen molar-refractivity contribution in [3.05, 3.63) is 17.2 Å². The Labute approximate surface area is 263 Å². The Kier molecular flexibility index (Phi) is 8.66. The molecule has 0 aliphatic rings. The molecule has 4 rings (SSSR count). The van der Waals surface area contributed by atoms with Crippen LogP contribution in [0.2, 0.25) is 0 Å². The van der Waals surface area contributed by atoms with Gasteiger partial charge in [-0.3, -0.25) is 0 Å². The summed E-state index contributed by atoms with van der Waals surface area (Å²) < 4.78 is 0. The monoisotopic (exact) mass is 514 g/mol. The second-order valence-electron chi connectivity index (χ2n) is 13.1. The molecule has 0 aliphatic carbocycles. The summed E-state index contributed by atoms with van der Waals surface area (Å²) in [5, 5.41) is 0. The first-order valence-electron chi connectivity index (χ1n) is 15.3. The van der Waals surface area contributed by atoms with Gasteiger partial charge >= 0.3 is 0 Å². The molecule has 186 valence electrons. The van der Waals surface area contributed by atoms with Crippen molar-refractivity contribution in [3.8, 4) is 33.4 Å². The largest absolute Gasteiger partial charge is 0.139 e. The van der Waals surface area contributed by atoms with Crippen molar-refractivity contribution in [1.82, 2.24) is 0 Å². The van der Waals surface area contributed by atoms with Crippen LogP contribution in [0, 0.1) is 13.8 Å². The summed E-state index contributed by atoms with van der Waals surface area (Å²) in [5.74, 6) is 0. The van der Waals surface area contributed by atoms with Gasteiger partial charge in [0.1, 0.15) is 118 Å². The molecule has 0 radical (unpaired) electrons. The van der Waals surface area contributed by atoms with Crippen LogP contribution >= 0.6 is 0 Å². The Morgan fingerprint density at radius 3 is 0.707 bits per heavy atom. The zero-order valence-corrected chi connectivity index (χ0v) is 29.1. The van der Waals surface area contributed by atoms with Gasteiger partial charge in [0.15, 0.2) is 0 Å². The maximum atomic E-state index is 2.54. The molecule has 0 heterocycles. The topological polar surface area (TPSA) is 0 Å². The van der Waals surface area contributed by atoms with E-state index in [0.29, 0.717) is 0 Å². The van der Waals surface area contributed by atoms with Crippen molar-refractivity contribution >= 4 is 200 Å². The summed E-state index contributed by atoms with van der Waals surface area (Å²) in [7, 11) is 34.6. The standard InChI is InChI=1S/C26H37B15/c1-4-6(9-12(27)18(33)24(39)19(34)13(9)28)3-7(10-14(29)20(35)25(40)21(36)15(10)30)5(2)8(4)11-16(31)22(37)26(41)23(38)17(11)32/h3H,27-41H2,1-2H3. The van der Waals surface area contributed by atoms with Crippen LogP contribution in [-0.4, -0.2) is 118 Å². The zero-order valence-electron chi connectivity index (χ0n) is 29.1. The average molecular weight is 512 g/mol. The van der Waals surface area contributed by atoms with E-state index in [4.69, 9.17) is 0 Å². The Balaban J connectivity index is 2.34. The van der Waals surface area contributed by atoms with Crippen LogP contribution in [0.4, 0.5) is 0 Å². The quantitative estimate of drug-likeness (QED) is 0.240. The Bertz CT molecular complexity index is 1630. The Morgan fingerprint density at radius 2 is 0.463 bits per heavy atom. The van der Waals surface area contributed by atoms with E-state index in [2.05, 4.69) is 138 Å². The number of hydrogen-bond donors (Lipinski definition) is 0. The van der Waals surface area contributed by atoms with Gasteiger partial charge in [-0.05, 0) is 64.4 Å². The smallest absolute Gasteiger partial charge is 0.102 e. The molecule has 0 aliphatic heterocycles. The van der Waals surface area contributed by atoms with Crippen LogP contribution in [0.5, 0.6) is 0 Å². The normalized spacial score (nSPS) is 11.2. The van der Waals surface area contributed by atoms with E-state index in [1.54, 1.807) is 0 Å². The summed E-state index contributed by atoms with van der Waals surface area (Å²) >= 11 is 0. The molecule has 41 heavy (non-hydrogen) atoms. The van der Waals surface area contributed by atoms with Crippen molar-refractivity contribution < 1.29 is 0 Å². The first kappa shape index (κ1) is 31.8. The first-order valence-corrected chi connectivity index (χ1v) is 15.3. The van der Waals surface area contributed by atoms with Crippen molar-refractivity contribution in [1.29, 1.82) is 0 Å². The van der Waals surface area contributed by atoms with E-state index in [1.165, 1.54) is 126 Å². The minimum Gasteiger partial charge on any atom is -0.102 e. The summed E-state index contributed by atoms with van der Waals surface area (Å²) in [6.07, 6.45) is 0. The molecule has 4 aromatic rings. The molecule has 15 heteroatoms. The van der Waals surface area contributed by atoms with Crippen molar-refractivity contribution in [2.75, 3.05) is 0 Å². The minimum atomic E-state index is 1.38. The van der Waals surface area contributed by atoms with E-state index in [9.17, 15) is 0 Å². The van der Waals surface area contributed by atoms with E-state index >= 15 is 0 Å². The summed E-state index contributed by atoms with van der Waals surface area (Å²) in [5.41, 5.74) is 32.4. The third-order valence-corrected chi connectivity index (χ3v) is 11.6. The fourth-order valence-electron chi connectivity index (χ4n) is 7.49. The maximum Gasteiger partial charge on any atom is 0.139 e. The van der Waals surface area contributed by atoms with Gasteiger partial charge in [-0.1, -0.05) is 32.8 Å². The molecule has 4 aromatic carbocycles. The van der Waals surface area contributed by atoms with Gasteiger partial charge in [-0.2, -0.15) is 0 Å². The third-order valence-electron chi connectivity index (χ3n) is 11.6. The van der Waals surface area contributed by atoms with Gasteiger partial charge in [-0.15, -0.1) is 49.2 Å². The van der Waals surface area contributed by atoms with E-state index < -0.39 is 0 Å². The fourth-order valence-corrected chi connectivity index (χ4v) is 7.49. The fraction of sp³-hybridized carbons (Fsp3) is 0.0769. The second kappa shape index (κ2) is 11.2. The molecular weight excluding hydrogens is 474 g/mol. The molecule has 0 spiro atoms.